The third kappa shape index (κ3) is 3.79. The highest BCUT2D eigenvalue weighted by atomic mass is 32.1. The molecule has 26 heavy (non-hydrogen) atoms. The molecule has 2 N–H and O–H groups in total. The second-order valence-electron chi connectivity index (χ2n) is 7.15. The molecular formula is C17H24N6O2S. The Kier molecular flexibility index (Phi) is 5.01. The van der Waals surface area contributed by atoms with Gasteiger partial charge in [0.1, 0.15) is 5.01 Å². The van der Waals surface area contributed by atoms with Gasteiger partial charge in [-0.3, -0.25) is 19.7 Å². The van der Waals surface area contributed by atoms with Gasteiger partial charge in [0, 0.05) is 25.6 Å². The van der Waals surface area contributed by atoms with Crippen LogP contribution in [-0.4, -0.2) is 49.0 Å². The molecule has 0 spiro atoms. The second-order valence-corrected chi connectivity index (χ2v) is 8.15. The van der Waals surface area contributed by atoms with Crippen molar-refractivity contribution in [3.05, 3.63) is 22.5 Å². The van der Waals surface area contributed by atoms with Crippen molar-refractivity contribution in [3.63, 3.8) is 0 Å². The first kappa shape index (κ1) is 17.6. The molecule has 2 aliphatic rings. The van der Waals surface area contributed by atoms with Gasteiger partial charge in [-0.1, -0.05) is 17.8 Å². The summed E-state index contributed by atoms with van der Waals surface area (Å²) in [5, 5.41) is 27.0. The molecule has 2 aromatic heterocycles. The molecule has 1 saturated carbocycles. The molecule has 4 rings (SSSR count). The molecule has 3 heterocycles. The molecule has 1 unspecified atom stereocenters. The number of anilines is 1. The van der Waals surface area contributed by atoms with E-state index < -0.39 is 6.10 Å². The van der Waals surface area contributed by atoms with Crippen LogP contribution in [0.15, 0.2) is 6.07 Å². The van der Waals surface area contributed by atoms with Crippen molar-refractivity contribution in [3.8, 4) is 0 Å². The average Bonchev–Trinajstić information content (AvgIpc) is 3.09. The van der Waals surface area contributed by atoms with Crippen LogP contribution in [0.1, 0.15) is 61.0 Å². The van der Waals surface area contributed by atoms with Gasteiger partial charge in [-0.2, -0.15) is 5.10 Å². The second kappa shape index (κ2) is 7.42. The van der Waals surface area contributed by atoms with Crippen molar-refractivity contribution in [2.45, 2.75) is 57.7 Å². The number of hydrogen-bond acceptors (Lipinski definition) is 7. The number of aryl methyl sites for hydroxylation is 1. The Hall–Kier alpha value is -1.84. The summed E-state index contributed by atoms with van der Waals surface area (Å²) in [4.78, 5) is 14.5. The number of aromatic nitrogens is 4. The number of nitrogens with one attached hydrogen (secondary N) is 1. The quantitative estimate of drug-likeness (QED) is 0.827. The number of rotatable bonds is 5. The van der Waals surface area contributed by atoms with Crippen molar-refractivity contribution in [2.24, 2.45) is 0 Å². The average molecular weight is 376 g/mol. The number of aliphatic hydroxyl groups excluding tert-OH is 1. The maximum absolute atomic E-state index is 12.4. The van der Waals surface area contributed by atoms with E-state index in [1.807, 2.05) is 10.7 Å². The van der Waals surface area contributed by atoms with Crippen LogP contribution in [0.4, 0.5) is 5.13 Å². The van der Waals surface area contributed by atoms with Crippen molar-refractivity contribution < 1.29 is 9.90 Å². The molecule has 0 saturated heterocycles. The van der Waals surface area contributed by atoms with Crippen LogP contribution < -0.4 is 5.32 Å². The fourth-order valence-electron chi connectivity index (χ4n) is 3.36. The first-order chi connectivity index (χ1) is 12.6. The summed E-state index contributed by atoms with van der Waals surface area (Å²) in [7, 11) is 0. The number of amides is 1. The number of nitrogens with zero attached hydrogens (tertiary/aromatic N) is 5. The Morgan fingerprint density at radius 2 is 2.23 bits per heavy atom. The zero-order valence-electron chi connectivity index (χ0n) is 14.9. The highest BCUT2D eigenvalue weighted by Crippen LogP contribution is 2.38. The van der Waals surface area contributed by atoms with Gasteiger partial charge in [0.25, 0.3) is 0 Å². The maximum Gasteiger partial charge on any atom is 0.240 e. The lowest BCUT2D eigenvalue weighted by molar-refractivity contribution is -0.117. The van der Waals surface area contributed by atoms with Crippen molar-refractivity contribution in [2.75, 3.05) is 18.4 Å². The van der Waals surface area contributed by atoms with Crippen LogP contribution in [0.3, 0.4) is 0 Å². The fraction of sp³-hybridized carbons (Fsp3) is 0.647. The SMILES string of the molecule is CC(O)c1cc2n(n1)CCCN(CC(=O)Nc1nnc(C3CCC3)s1)C2. The molecule has 1 atom stereocenters. The summed E-state index contributed by atoms with van der Waals surface area (Å²) in [6.45, 7) is 4.32. The van der Waals surface area contributed by atoms with Crippen molar-refractivity contribution in [1.82, 2.24) is 24.9 Å². The zero-order valence-corrected chi connectivity index (χ0v) is 15.7. The topological polar surface area (TPSA) is 96.2 Å². The Labute approximate surface area is 156 Å². The molecule has 0 aromatic carbocycles. The van der Waals surface area contributed by atoms with Gasteiger partial charge in [0.15, 0.2) is 0 Å². The summed E-state index contributed by atoms with van der Waals surface area (Å²) in [6.07, 6.45) is 3.96. The number of aliphatic hydroxyl groups is 1. The Bertz CT molecular complexity index is 782. The van der Waals surface area contributed by atoms with E-state index in [2.05, 4.69) is 25.5 Å². The van der Waals surface area contributed by atoms with Gasteiger partial charge >= 0.3 is 0 Å². The molecule has 0 bridgehead atoms. The summed E-state index contributed by atoms with van der Waals surface area (Å²) in [6, 6.07) is 1.93. The molecule has 2 aromatic rings. The molecule has 1 aliphatic carbocycles. The Morgan fingerprint density at radius 3 is 2.96 bits per heavy atom. The van der Waals surface area contributed by atoms with Gasteiger partial charge in [0.2, 0.25) is 11.0 Å². The highest BCUT2D eigenvalue weighted by Gasteiger charge is 2.24. The third-order valence-electron chi connectivity index (χ3n) is 5.05. The predicted octanol–water partition coefficient (Wildman–Crippen LogP) is 1.90. The van der Waals surface area contributed by atoms with Crippen molar-refractivity contribution >= 4 is 22.4 Å². The van der Waals surface area contributed by atoms with Gasteiger partial charge in [0.05, 0.1) is 24.0 Å². The van der Waals surface area contributed by atoms with Crippen molar-refractivity contribution in [1.29, 1.82) is 0 Å². The van der Waals surface area contributed by atoms with Gasteiger partial charge in [-0.15, -0.1) is 10.2 Å². The number of carbonyl (C=O) groups is 1. The first-order valence-corrected chi connectivity index (χ1v) is 10.0. The summed E-state index contributed by atoms with van der Waals surface area (Å²) < 4.78 is 1.94. The van der Waals surface area contributed by atoms with E-state index in [0.717, 1.165) is 30.2 Å². The molecule has 8 nitrogen and oxygen atoms in total. The van der Waals surface area contributed by atoms with E-state index in [0.29, 0.717) is 29.8 Å². The molecular weight excluding hydrogens is 352 g/mol. The van der Waals surface area contributed by atoms with E-state index in [9.17, 15) is 9.90 Å². The standard InChI is InChI=1S/C17H24N6O2S/c1-11(24)14-8-13-9-22(6-3-7-23(13)21-14)10-15(25)18-17-20-19-16(26-17)12-4-2-5-12/h8,11-12,24H,2-7,9-10H2,1H3,(H,18,20,25). The van der Waals surface area contributed by atoms with Crippen LogP contribution in [0.5, 0.6) is 0 Å². The lowest BCUT2D eigenvalue weighted by atomic mass is 9.86. The van der Waals surface area contributed by atoms with Crippen LogP contribution >= 0.6 is 11.3 Å². The summed E-state index contributed by atoms with van der Waals surface area (Å²) >= 11 is 1.49. The maximum atomic E-state index is 12.4. The van der Waals surface area contributed by atoms with Crippen LogP contribution in [-0.2, 0) is 17.9 Å². The van der Waals surface area contributed by atoms with E-state index in [1.165, 1.54) is 30.6 Å². The van der Waals surface area contributed by atoms with E-state index >= 15 is 0 Å². The molecule has 0 radical (unpaired) electrons. The van der Waals surface area contributed by atoms with E-state index in [4.69, 9.17) is 0 Å². The first-order valence-electron chi connectivity index (χ1n) is 9.19. The van der Waals surface area contributed by atoms with Crippen LogP contribution in [0.2, 0.25) is 0 Å². The Balaban J connectivity index is 1.35. The highest BCUT2D eigenvalue weighted by molar-refractivity contribution is 7.15. The number of hydrogen-bond donors (Lipinski definition) is 2. The Morgan fingerprint density at radius 1 is 1.38 bits per heavy atom. The van der Waals surface area contributed by atoms with Gasteiger partial charge < -0.3 is 5.11 Å². The molecule has 1 amide bonds. The van der Waals surface area contributed by atoms with E-state index in [-0.39, 0.29) is 5.91 Å². The fourth-order valence-corrected chi connectivity index (χ4v) is 4.29. The molecule has 9 heteroatoms. The largest absolute Gasteiger partial charge is 0.387 e. The molecule has 140 valence electrons. The normalized spacial score (nSPS) is 19.5. The van der Waals surface area contributed by atoms with E-state index in [1.54, 1.807) is 6.92 Å². The minimum atomic E-state index is -0.576. The molecule has 1 fully saturated rings. The van der Waals surface area contributed by atoms with Crippen LogP contribution in [0, 0.1) is 0 Å². The number of carbonyl (C=O) groups excluding carboxylic acids is 1. The van der Waals surface area contributed by atoms with Crippen LogP contribution in [0.25, 0.3) is 0 Å². The minimum Gasteiger partial charge on any atom is -0.387 e. The lowest BCUT2D eigenvalue weighted by Crippen LogP contribution is -2.33. The van der Waals surface area contributed by atoms with Gasteiger partial charge in [-0.05, 0) is 32.3 Å². The smallest absolute Gasteiger partial charge is 0.240 e. The third-order valence-corrected chi connectivity index (χ3v) is 6.05. The predicted molar refractivity (Wildman–Crippen MR) is 97.9 cm³/mol. The monoisotopic (exact) mass is 376 g/mol. The zero-order chi connectivity index (χ0) is 18.1. The number of fused-ring (bicyclic) bond motifs is 1. The minimum absolute atomic E-state index is 0.0648. The van der Waals surface area contributed by atoms with Gasteiger partial charge in [-0.25, -0.2) is 0 Å². The summed E-state index contributed by atoms with van der Waals surface area (Å²) in [5.41, 5.74) is 1.72. The summed E-state index contributed by atoms with van der Waals surface area (Å²) in [5.74, 6) is 0.470. The lowest BCUT2D eigenvalue weighted by Gasteiger charge is -2.21. The molecule has 1 aliphatic heterocycles.